The van der Waals surface area contributed by atoms with E-state index < -0.39 is 36.4 Å². The molecule has 0 aromatic carbocycles. The highest BCUT2D eigenvalue weighted by molar-refractivity contribution is 5.80. The number of hydrogen-bond acceptors (Lipinski definition) is 7. The summed E-state index contributed by atoms with van der Waals surface area (Å²) in [4.78, 5) is 52.4. The normalized spacial score (nSPS) is 17.9. The lowest BCUT2D eigenvalue weighted by Gasteiger charge is -2.25. The van der Waals surface area contributed by atoms with Crippen LogP contribution in [0.25, 0.3) is 0 Å². The molecular weight excluding hydrogens is 639 g/mol. The van der Waals surface area contributed by atoms with E-state index in [0.29, 0.717) is 25.0 Å². The number of fused-ring (bicyclic) bond motifs is 1. The molecule has 2 atom stereocenters. The number of carbonyl (C=O) groups is 4. The van der Waals surface area contributed by atoms with Gasteiger partial charge in [0, 0.05) is 49.7 Å². The fraction of sp³-hybridized carbons (Fsp3) is 0.440. The first-order valence-corrected chi connectivity index (χ1v) is 12.3. The predicted molar refractivity (Wildman–Crippen MR) is 132 cm³/mol. The van der Waals surface area contributed by atoms with E-state index in [-0.39, 0.29) is 5.91 Å². The standard InChI is InChI=1S/C19H22N4O.3C2HF3O2/c1-14-4-2-6-16(21-14)13-23-17-7-9-22(18(17)10-19(23)24)12-15-5-3-8-20-11-15;3*3-2(4,5)1(6)7/h2-6,8,11,17-18H,7,9-10,12-13H2,1H3;3*(H,6,7)/t17-,18-;;;/m0.../s1. The van der Waals surface area contributed by atoms with Crippen LogP contribution in [0, 0.1) is 6.92 Å². The van der Waals surface area contributed by atoms with E-state index in [0.717, 1.165) is 30.9 Å². The van der Waals surface area contributed by atoms with E-state index in [2.05, 4.69) is 20.9 Å². The number of aromatic nitrogens is 2. The van der Waals surface area contributed by atoms with Gasteiger partial charge in [0.15, 0.2) is 0 Å². The van der Waals surface area contributed by atoms with Crippen LogP contribution in [-0.2, 0) is 32.3 Å². The lowest BCUT2D eigenvalue weighted by atomic mass is 10.1. The Balaban J connectivity index is 0.000000396. The van der Waals surface area contributed by atoms with Crippen molar-refractivity contribution in [2.24, 2.45) is 0 Å². The van der Waals surface area contributed by atoms with Crippen molar-refractivity contribution in [1.82, 2.24) is 19.8 Å². The number of aliphatic carboxylic acids is 3. The summed E-state index contributed by atoms with van der Waals surface area (Å²) in [6.07, 6.45) is -9.87. The smallest absolute Gasteiger partial charge is 0.475 e. The number of alkyl halides is 9. The number of hydrogen-bond donors (Lipinski definition) is 3. The summed E-state index contributed by atoms with van der Waals surface area (Å²) in [6.45, 7) is 4.53. The maximum Gasteiger partial charge on any atom is 0.490 e. The molecule has 2 aromatic rings. The topological polar surface area (TPSA) is 161 Å². The summed E-state index contributed by atoms with van der Waals surface area (Å²) in [6, 6.07) is 10.7. The van der Waals surface area contributed by atoms with E-state index in [1.165, 1.54) is 5.56 Å². The number of halogens is 9. The van der Waals surface area contributed by atoms with E-state index in [1.54, 1.807) is 6.20 Å². The average Bonchev–Trinajstić information content (AvgIpc) is 3.43. The number of carboxylic acids is 3. The molecule has 2 aromatic heterocycles. The van der Waals surface area contributed by atoms with Crippen LogP contribution in [0.4, 0.5) is 39.5 Å². The average molecular weight is 664 g/mol. The van der Waals surface area contributed by atoms with Crippen LogP contribution >= 0.6 is 0 Å². The molecule has 0 aliphatic carbocycles. The Kier molecular flexibility index (Phi) is 13.7. The number of aryl methyl sites for hydroxylation is 1. The molecule has 0 bridgehead atoms. The summed E-state index contributed by atoms with van der Waals surface area (Å²) >= 11 is 0. The molecule has 45 heavy (non-hydrogen) atoms. The van der Waals surface area contributed by atoms with Crippen molar-refractivity contribution in [2.45, 2.75) is 63.5 Å². The monoisotopic (exact) mass is 664 g/mol. The van der Waals surface area contributed by atoms with Gasteiger partial charge in [-0.2, -0.15) is 39.5 Å². The fourth-order valence-electron chi connectivity index (χ4n) is 4.00. The quantitative estimate of drug-likeness (QED) is 0.407. The summed E-state index contributed by atoms with van der Waals surface area (Å²) in [5.74, 6) is -8.02. The Bertz CT molecular complexity index is 1250. The molecule has 250 valence electrons. The Morgan fingerprint density at radius 3 is 1.76 bits per heavy atom. The second-order valence-corrected chi connectivity index (χ2v) is 9.16. The predicted octanol–water partition coefficient (Wildman–Crippen LogP) is 4.06. The van der Waals surface area contributed by atoms with Crippen LogP contribution < -0.4 is 0 Å². The van der Waals surface area contributed by atoms with Crippen LogP contribution in [0.3, 0.4) is 0 Å². The first-order valence-electron chi connectivity index (χ1n) is 12.3. The number of rotatable bonds is 4. The molecule has 2 aliphatic heterocycles. The number of carbonyl (C=O) groups excluding carboxylic acids is 1. The lowest BCUT2D eigenvalue weighted by molar-refractivity contribution is -0.193. The highest BCUT2D eigenvalue weighted by atomic mass is 19.4. The largest absolute Gasteiger partial charge is 0.490 e. The third kappa shape index (κ3) is 13.4. The molecule has 2 saturated heterocycles. The number of nitrogens with zero attached hydrogens (tertiary/aromatic N) is 4. The number of carboxylic acid groups (broad SMARTS) is 3. The molecule has 4 heterocycles. The zero-order valence-electron chi connectivity index (χ0n) is 22.9. The van der Waals surface area contributed by atoms with Gasteiger partial charge in [-0.3, -0.25) is 19.7 Å². The Labute approximate surface area is 247 Å². The van der Waals surface area contributed by atoms with Crippen molar-refractivity contribution in [2.75, 3.05) is 6.54 Å². The Morgan fingerprint density at radius 1 is 0.822 bits per heavy atom. The molecule has 2 fully saturated rings. The molecule has 3 N–H and O–H groups in total. The van der Waals surface area contributed by atoms with Gasteiger partial charge < -0.3 is 20.2 Å². The van der Waals surface area contributed by atoms with E-state index >= 15 is 0 Å². The van der Waals surface area contributed by atoms with Gasteiger partial charge in [0.25, 0.3) is 0 Å². The molecule has 11 nitrogen and oxygen atoms in total. The second kappa shape index (κ2) is 16.0. The SMILES string of the molecule is Cc1cccc(CN2C(=O)C[C@H]3[C@@H]2CCN3Cc2cccnc2)n1.O=C(O)C(F)(F)F.O=C(O)C(F)(F)F.O=C(O)C(F)(F)F. The molecule has 0 saturated carbocycles. The maximum absolute atomic E-state index is 12.5. The Morgan fingerprint density at radius 2 is 1.33 bits per heavy atom. The molecule has 0 spiro atoms. The third-order valence-electron chi connectivity index (χ3n) is 5.84. The highest BCUT2D eigenvalue weighted by Crippen LogP contribution is 2.34. The van der Waals surface area contributed by atoms with Gasteiger partial charge in [0.1, 0.15) is 0 Å². The molecular formula is C25H25F9N4O7. The van der Waals surface area contributed by atoms with Crippen LogP contribution in [0.5, 0.6) is 0 Å². The van der Waals surface area contributed by atoms with Gasteiger partial charge in [-0.1, -0.05) is 12.1 Å². The van der Waals surface area contributed by atoms with Gasteiger partial charge >= 0.3 is 36.4 Å². The lowest BCUT2D eigenvalue weighted by Crippen LogP contribution is -2.36. The van der Waals surface area contributed by atoms with Crippen LogP contribution in [-0.4, -0.2) is 96.1 Å². The molecule has 0 unspecified atom stereocenters. The summed E-state index contributed by atoms with van der Waals surface area (Å²) in [5.41, 5.74) is 3.19. The minimum absolute atomic E-state index is 0.254. The molecule has 0 radical (unpaired) electrons. The number of likely N-dealkylation sites (tertiary alicyclic amines) is 2. The van der Waals surface area contributed by atoms with Gasteiger partial charge in [-0.15, -0.1) is 0 Å². The zero-order valence-corrected chi connectivity index (χ0v) is 22.9. The van der Waals surface area contributed by atoms with Crippen molar-refractivity contribution >= 4 is 23.8 Å². The van der Waals surface area contributed by atoms with Crippen molar-refractivity contribution in [3.05, 3.63) is 59.7 Å². The van der Waals surface area contributed by atoms with Crippen molar-refractivity contribution < 1.29 is 74.0 Å². The molecule has 1 amide bonds. The minimum atomic E-state index is -5.08. The van der Waals surface area contributed by atoms with E-state index in [4.69, 9.17) is 29.7 Å². The summed E-state index contributed by atoms with van der Waals surface area (Å²) in [7, 11) is 0. The minimum Gasteiger partial charge on any atom is -0.475 e. The van der Waals surface area contributed by atoms with Crippen molar-refractivity contribution in [1.29, 1.82) is 0 Å². The highest BCUT2D eigenvalue weighted by Gasteiger charge is 2.46. The van der Waals surface area contributed by atoms with Gasteiger partial charge in [0.05, 0.1) is 12.2 Å². The molecule has 20 heteroatoms. The maximum atomic E-state index is 12.5. The van der Waals surface area contributed by atoms with Crippen molar-refractivity contribution in [3.63, 3.8) is 0 Å². The zero-order chi connectivity index (χ0) is 34.8. The molecule has 2 aliphatic rings. The van der Waals surface area contributed by atoms with Gasteiger partial charge in [-0.05, 0) is 37.1 Å². The second-order valence-electron chi connectivity index (χ2n) is 9.16. The first-order chi connectivity index (χ1) is 20.5. The molecule has 4 rings (SSSR count). The summed E-state index contributed by atoms with van der Waals surface area (Å²) < 4.78 is 95.2. The first kappa shape index (κ1) is 38.5. The van der Waals surface area contributed by atoms with E-state index in [1.807, 2.05) is 42.3 Å². The van der Waals surface area contributed by atoms with Crippen molar-refractivity contribution in [3.8, 4) is 0 Å². The summed E-state index contributed by atoms with van der Waals surface area (Å²) in [5, 5.41) is 21.4. The van der Waals surface area contributed by atoms with Gasteiger partial charge in [0.2, 0.25) is 5.91 Å². The number of pyridine rings is 2. The third-order valence-corrected chi connectivity index (χ3v) is 5.84. The van der Waals surface area contributed by atoms with Crippen LogP contribution in [0.1, 0.15) is 29.8 Å². The fourth-order valence-corrected chi connectivity index (χ4v) is 4.00. The van der Waals surface area contributed by atoms with Crippen LogP contribution in [0.2, 0.25) is 0 Å². The van der Waals surface area contributed by atoms with E-state index in [9.17, 15) is 44.3 Å². The number of amides is 1. The van der Waals surface area contributed by atoms with Gasteiger partial charge in [-0.25, -0.2) is 14.4 Å². The van der Waals surface area contributed by atoms with Crippen LogP contribution in [0.15, 0.2) is 42.7 Å². The Hall–Kier alpha value is -4.49.